The van der Waals surface area contributed by atoms with E-state index >= 15 is 0 Å². The van der Waals surface area contributed by atoms with Crippen molar-refractivity contribution in [3.8, 4) is 0 Å². The topological polar surface area (TPSA) is 54.9 Å². The molecule has 0 aliphatic heterocycles. The van der Waals surface area contributed by atoms with Crippen molar-refractivity contribution in [2.45, 2.75) is 39.0 Å². The van der Waals surface area contributed by atoms with Gasteiger partial charge in [-0.3, -0.25) is 4.99 Å². The number of guanidine groups is 1. The van der Waals surface area contributed by atoms with Gasteiger partial charge in [0.2, 0.25) is 0 Å². The zero-order valence-corrected chi connectivity index (χ0v) is 14.0. The van der Waals surface area contributed by atoms with E-state index in [0.29, 0.717) is 13.2 Å². The fourth-order valence-electron chi connectivity index (χ4n) is 2.62. The maximum atomic E-state index is 5.43. The summed E-state index contributed by atoms with van der Waals surface area (Å²) >= 11 is 0. The van der Waals surface area contributed by atoms with Gasteiger partial charge < -0.3 is 20.1 Å². The van der Waals surface area contributed by atoms with Crippen molar-refractivity contribution in [2.75, 3.05) is 47.1 Å². The van der Waals surface area contributed by atoms with Crippen LogP contribution < -0.4 is 10.6 Å². The molecule has 0 bridgehead atoms. The molecule has 1 aliphatic carbocycles. The van der Waals surface area contributed by atoms with Crippen LogP contribution in [0, 0.1) is 11.8 Å². The molecule has 0 heterocycles. The Labute approximate surface area is 129 Å². The minimum Gasteiger partial charge on any atom is -0.382 e. The third kappa shape index (κ3) is 8.94. The molecule has 5 heteroatoms. The van der Waals surface area contributed by atoms with Crippen LogP contribution in [0.5, 0.6) is 0 Å². The SMILES string of the molecule is CN=C(NCCCOCCOC)NCC1CCC(C)CC1. The molecule has 0 aromatic carbocycles. The molecule has 0 amide bonds. The summed E-state index contributed by atoms with van der Waals surface area (Å²) in [6.45, 7) is 6.37. The zero-order chi connectivity index (χ0) is 15.3. The van der Waals surface area contributed by atoms with E-state index in [-0.39, 0.29) is 0 Å². The van der Waals surface area contributed by atoms with Crippen LogP contribution in [0.25, 0.3) is 0 Å². The van der Waals surface area contributed by atoms with E-state index in [1.165, 1.54) is 25.7 Å². The Morgan fingerprint density at radius 3 is 2.52 bits per heavy atom. The predicted molar refractivity (Wildman–Crippen MR) is 87.8 cm³/mol. The molecular formula is C16H33N3O2. The molecular weight excluding hydrogens is 266 g/mol. The monoisotopic (exact) mass is 299 g/mol. The Bertz CT molecular complexity index is 277. The van der Waals surface area contributed by atoms with Crippen LogP contribution in [0.15, 0.2) is 4.99 Å². The summed E-state index contributed by atoms with van der Waals surface area (Å²) in [4.78, 5) is 4.27. The predicted octanol–water partition coefficient (Wildman–Crippen LogP) is 2.03. The molecule has 0 spiro atoms. The van der Waals surface area contributed by atoms with E-state index in [1.807, 2.05) is 7.05 Å². The van der Waals surface area contributed by atoms with Crippen molar-refractivity contribution in [3.05, 3.63) is 0 Å². The molecule has 0 saturated heterocycles. The number of aliphatic imine (C=N–C) groups is 1. The first-order valence-corrected chi connectivity index (χ1v) is 8.27. The van der Waals surface area contributed by atoms with E-state index in [1.54, 1.807) is 7.11 Å². The minimum absolute atomic E-state index is 0.663. The highest BCUT2D eigenvalue weighted by atomic mass is 16.5. The summed E-state index contributed by atoms with van der Waals surface area (Å²) in [5.74, 6) is 2.62. The van der Waals surface area contributed by atoms with Crippen LogP contribution in [0.2, 0.25) is 0 Å². The van der Waals surface area contributed by atoms with Crippen LogP contribution in [0.4, 0.5) is 0 Å². The lowest BCUT2D eigenvalue weighted by Gasteiger charge is -2.26. The number of rotatable bonds is 9. The molecule has 0 aromatic heterocycles. The summed E-state index contributed by atoms with van der Waals surface area (Å²) < 4.78 is 10.4. The standard InChI is InChI=1S/C16H33N3O2/c1-14-5-7-15(8-6-14)13-19-16(17-2)18-9-4-10-21-12-11-20-3/h14-15H,4-13H2,1-3H3,(H2,17,18,19). The lowest BCUT2D eigenvalue weighted by atomic mass is 9.83. The molecule has 0 aromatic rings. The number of ether oxygens (including phenoxy) is 2. The lowest BCUT2D eigenvalue weighted by molar-refractivity contribution is 0.0698. The van der Waals surface area contributed by atoms with E-state index < -0.39 is 0 Å². The average molecular weight is 299 g/mol. The highest BCUT2D eigenvalue weighted by molar-refractivity contribution is 5.79. The summed E-state index contributed by atoms with van der Waals surface area (Å²) in [7, 11) is 3.51. The number of hydrogen-bond donors (Lipinski definition) is 2. The molecule has 0 unspecified atom stereocenters. The van der Waals surface area contributed by atoms with Crippen molar-refractivity contribution in [1.29, 1.82) is 0 Å². The van der Waals surface area contributed by atoms with Crippen LogP contribution in [-0.4, -0.2) is 53.0 Å². The van der Waals surface area contributed by atoms with E-state index in [9.17, 15) is 0 Å². The quantitative estimate of drug-likeness (QED) is 0.389. The Morgan fingerprint density at radius 2 is 1.86 bits per heavy atom. The molecule has 1 fully saturated rings. The van der Waals surface area contributed by atoms with Crippen molar-refractivity contribution < 1.29 is 9.47 Å². The molecule has 124 valence electrons. The van der Waals surface area contributed by atoms with Gasteiger partial charge in [0.05, 0.1) is 13.2 Å². The fourth-order valence-corrected chi connectivity index (χ4v) is 2.62. The third-order valence-electron chi connectivity index (χ3n) is 4.11. The molecule has 5 nitrogen and oxygen atoms in total. The summed E-state index contributed by atoms with van der Waals surface area (Å²) in [5, 5.41) is 6.78. The van der Waals surface area contributed by atoms with Crippen LogP contribution in [0.1, 0.15) is 39.0 Å². The number of nitrogens with one attached hydrogen (secondary N) is 2. The largest absolute Gasteiger partial charge is 0.382 e. The Kier molecular flexibility index (Phi) is 10.3. The zero-order valence-electron chi connectivity index (χ0n) is 14.0. The third-order valence-corrected chi connectivity index (χ3v) is 4.11. The van der Waals surface area contributed by atoms with Gasteiger partial charge in [-0.2, -0.15) is 0 Å². The lowest BCUT2D eigenvalue weighted by Crippen LogP contribution is -2.40. The van der Waals surface area contributed by atoms with Gasteiger partial charge in [-0.15, -0.1) is 0 Å². The maximum absolute atomic E-state index is 5.43. The van der Waals surface area contributed by atoms with Gasteiger partial charge >= 0.3 is 0 Å². The maximum Gasteiger partial charge on any atom is 0.190 e. The second-order valence-electron chi connectivity index (χ2n) is 5.96. The van der Waals surface area contributed by atoms with Crippen molar-refractivity contribution >= 4 is 5.96 Å². The Hall–Kier alpha value is -0.810. The van der Waals surface area contributed by atoms with Gasteiger partial charge in [0, 0.05) is 33.9 Å². The summed E-state index contributed by atoms with van der Waals surface area (Å²) in [6, 6.07) is 0. The number of methoxy groups -OCH3 is 1. The van der Waals surface area contributed by atoms with Gasteiger partial charge in [0.15, 0.2) is 5.96 Å². The number of nitrogens with zero attached hydrogens (tertiary/aromatic N) is 1. The van der Waals surface area contributed by atoms with Gasteiger partial charge in [0.1, 0.15) is 0 Å². The van der Waals surface area contributed by atoms with E-state index in [0.717, 1.165) is 43.9 Å². The van der Waals surface area contributed by atoms with Crippen LogP contribution in [-0.2, 0) is 9.47 Å². The number of hydrogen-bond acceptors (Lipinski definition) is 3. The molecule has 2 N–H and O–H groups in total. The normalized spacial score (nSPS) is 23.1. The Balaban J connectivity index is 2.01. The first-order chi connectivity index (χ1) is 10.3. The molecule has 0 atom stereocenters. The minimum atomic E-state index is 0.663. The van der Waals surface area contributed by atoms with E-state index in [4.69, 9.17) is 9.47 Å². The van der Waals surface area contributed by atoms with Crippen LogP contribution in [0.3, 0.4) is 0 Å². The van der Waals surface area contributed by atoms with Gasteiger partial charge in [0.25, 0.3) is 0 Å². The van der Waals surface area contributed by atoms with Crippen molar-refractivity contribution in [2.24, 2.45) is 16.8 Å². The summed E-state index contributed by atoms with van der Waals surface area (Å²) in [5.41, 5.74) is 0. The molecule has 1 aliphatic rings. The molecule has 0 radical (unpaired) electrons. The first-order valence-electron chi connectivity index (χ1n) is 8.27. The second-order valence-corrected chi connectivity index (χ2v) is 5.96. The average Bonchev–Trinajstić information content (AvgIpc) is 2.51. The van der Waals surface area contributed by atoms with E-state index in [2.05, 4.69) is 22.5 Å². The second kappa shape index (κ2) is 11.8. The molecule has 1 rings (SSSR count). The summed E-state index contributed by atoms with van der Waals surface area (Å²) in [6.07, 6.45) is 6.41. The van der Waals surface area contributed by atoms with Crippen molar-refractivity contribution in [3.63, 3.8) is 0 Å². The highest BCUT2D eigenvalue weighted by Gasteiger charge is 2.18. The Morgan fingerprint density at radius 1 is 1.10 bits per heavy atom. The molecule has 1 saturated carbocycles. The van der Waals surface area contributed by atoms with Crippen LogP contribution >= 0.6 is 0 Å². The van der Waals surface area contributed by atoms with Gasteiger partial charge in [-0.05, 0) is 31.1 Å². The molecule has 21 heavy (non-hydrogen) atoms. The smallest absolute Gasteiger partial charge is 0.190 e. The fraction of sp³-hybridized carbons (Fsp3) is 0.938. The highest BCUT2D eigenvalue weighted by Crippen LogP contribution is 2.27. The first kappa shape index (κ1) is 18.2. The van der Waals surface area contributed by atoms with Gasteiger partial charge in [-0.1, -0.05) is 19.8 Å². The van der Waals surface area contributed by atoms with Gasteiger partial charge in [-0.25, -0.2) is 0 Å². The van der Waals surface area contributed by atoms with Crippen molar-refractivity contribution in [1.82, 2.24) is 10.6 Å².